The first-order valence-corrected chi connectivity index (χ1v) is 36.8. The number of ether oxygens (including phenoxy) is 12. The Morgan fingerprint density at radius 1 is 0.176 bits per heavy atom. The van der Waals surface area contributed by atoms with Gasteiger partial charge in [-0.25, -0.2) is 28.8 Å². The average Bonchev–Trinajstić information content (AvgIpc) is 0.726. The van der Waals surface area contributed by atoms with Crippen molar-refractivity contribution in [3.63, 3.8) is 0 Å². The van der Waals surface area contributed by atoms with E-state index in [4.69, 9.17) is 56.8 Å². The monoisotopic (exact) mass is 1400 g/mol. The van der Waals surface area contributed by atoms with Crippen molar-refractivity contribution in [2.45, 2.75) is 196 Å². The number of hydrogen-bond donors (Lipinski definition) is 0. The Balaban J connectivity index is 1.49. The van der Waals surface area contributed by atoms with Crippen LogP contribution in [0, 0.1) is 0 Å². The van der Waals surface area contributed by atoms with Crippen molar-refractivity contribution < 1.29 is 85.6 Å². The zero-order chi connectivity index (χ0) is 72.5. The fraction of sp³-hybridized carbons (Fsp3) is 0.429. The summed E-state index contributed by atoms with van der Waals surface area (Å²) in [6.07, 6.45) is 23.0. The van der Waals surface area contributed by atoms with Crippen LogP contribution in [0.5, 0.6) is 69.0 Å². The molecule has 0 radical (unpaired) electrons. The van der Waals surface area contributed by atoms with Crippen LogP contribution in [0.15, 0.2) is 146 Å². The first-order valence-electron chi connectivity index (χ1n) is 36.8. The highest BCUT2D eigenvalue weighted by Crippen LogP contribution is 2.37. The summed E-state index contributed by atoms with van der Waals surface area (Å²) in [5, 5.41) is 0. The van der Waals surface area contributed by atoms with E-state index in [0.717, 1.165) is 154 Å². The Morgan fingerprint density at radius 3 is 0.412 bits per heavy atom. The third-order valence-corrected chi connectivity index (χ3v) is 16.5. The van der Waals surface area contributed by atoms with E-state index in [2.05, 4.69) is 41.5 Å². The van der Waals surface area contributed by atoms with Crippen LogP contribution in [-0.4, -0.2) is 75.5 Å². The van der Waals surface area contributed by atoms with Crippen LogP contribution in [0.2, 0.25) is 0 Å². The maximum atomic E-state index is 15.9. The second-order valence-corrected chi connectivity index (χ2v) is 24.9. The van der Waals surface area contributed by atoms with Gasteiger partial charge in [-0.05, 0) is 184 Å². The third kappa shape index (κ3) is 26.6. The van der Waals surface area contributed by atoms with E-state index in [1.165, 1.54) is 72.8 Å². The van der Waals surface area contributed by atoms with Crippen molar-refractivity contribution in [1.29, 1.82) is 0 Å². The molecule has 18 heteroatoms. The van der Waals surface area contributed by atoms with E-state index in [-0.39, 0.29) is 34.5 Å². The summed E-state index contributed by atoms with van der Waals surface area (Å²) < 4.78 is 72.9. The molecule has 0 amide bonds. The van der Waals surface area contributed by atoms with E-state index in [1.54, 1.807) is 72.8 Å². The zero-order valence-corrected chi connectivity index (χ0v) is 60.4. The smallest absolute Gasteiger partial charge is 0.345 e. The fourth-order valence-corrected chi connectivity index (χ4v) is 10.9. The summed E-state index contributed by atoms with van der Waals surface area (Å²) in [6, 6.07) is 35.8. The van der Waals surface area contributed by atoms with Crippen molar-refractivity contribution in [3.8, 4) is 69.0 Å². The van der Waals surface area contributed by atoms with Gasteiger partial charge < -0.3 is 56.8 Å². The molecule has 0 N–H and O–H groups in total. The molecule has 0 aliphatic heterocycles. The van der Waals surface area contributed by atoms with Gasteiger partial charge in [0.25, 0.3) is 0 Å². The van der Waals surface area contributed by atoms with Gasteiger partial charge in [-0.3, -0.25) is 0 Å². The molecule has 102 heavy (non-hydrogen) atoms. The standard InChI is InChI=1S/C84H102O18/c1-7-13-19-25-55-91-61-31-43-67(44-32-61)97-79(85)73-74(80(86)98-68-45-33-62(34-46-68)92-56-26-20-14-8-2)76(82(88)100-70-49-37-64(38-50-70)94-58-28-22-16-10-4)78(84(90)102-72-53-41-66(42-54-72)96-60-30-24-18-12-6)77(83(89)101-71-51-39-65(40-52-71)95-59-29-23-17-11-5)75(73)81(87)99-69-47-35-63(36-48-69)93-57-27-21-15-9-3/h31-54H,7-30,55-60H2,1-6H3. The highest BCUT2D eigenvalue weighted by molar-refractivity contribution is 6.25. The number of hydrogen-bond acceptors (Lipinski definition) is 18. The van der Waals surface area contributed by atoms with Gasteiger partial charge in [0.05, 0.1) is 73.0 Å². The average molecular weight is 1400 g/mol. The minimum atomic E-state index is -1.50. The lowest BCUT2D eigenvalue weighted by Gasteiger charge is -2.22. The molecule has 7 aromatic rings. The van der Waals surface area contributed by atoms with Crippen molar-refractivity contribution >= 4 is 35.8 Å². The number of rotatable bonds is 48. The van der Waals surface area contributed by atoms with Crippen LogP contribution in [0.4, 0.5) is 0 Å². The quantitative estimate of drug-likeness (QED) is 0.0197. The predicted molar refractivity (Wildman–Crippen MR) is 393 cm³/mol. The molecule has 0 aliphatic carbocycles. The first-order chi connectivity index (χ1) is 49.9. The highest BCUT2D eigenvalue weighted by atomic mass is 16.6. The Hall–Kier alpha value is -9.84. The van der Waals surface area contributed by atoms with Gasteiger partial charge in [-0.2, -0.15) is 0 Å². The zero-order valence-electron chi connectivity index (χ0n) is 60.4. The molecule has 0 fully saturated rings. The molecule has 18 nitrogen and oxygen atoms in total. The number of carbonyl (C=O) groups excluding carboxylic acids is 6. The molecule has 0 heterocycles. The molecule has 0 unspecified atom stereocenters. The van der Waals surface area contributed by atoms with Crippen molar-refractivity contribution in [3.05, 3.63) is 179 Å². The topological polar surface area (TPSA) is 213 Å². The number of benzene rings is 7. The summed E-state index contributed by atoms with van der Waals surface area (Å²) in [6.45, 7) is 15.2. The molecular weight excluding hydrogens is 1300 g/mol. The fourth-order valence-electron chi connectivity index (χ4n) is 10.9. The van der Waals surface area contributed by atoms with E-state index >= 15 is 28.8 Å². The van der Waals surface area contributed by atoms with Crippen molar-refractivity contribution in [2.24, 2.45) is 0 Å². The predicted octanol–water partition coefficient (Wildman–Crippen LogP) is 20.8. The maximum absolute atomic E-state index is 15.9. The van der Waals surface area contributed by atoms with Crippen LogP contribution >= 0.6 is 0 Å². The molecule has 0 saturated heterocycles. The van der Waals surface area contributed by atoms with Gasteiger partial charge in [0.1, 0.15) is 69.0 Å². The summed E-state index contributed by atoms with van der Waals surface area (Å²) in [5.74, 6) is -7.20. The van der Waals surface area contributed by atoms with Gasteiger partial charge in [-0.1, -0.05) is 157 Å². The van der Waals surface area contributed by atoms with Gasteiger partial charge in [0, 0.05) is 0 Å². The van der Waals surface area contributed by atoms with Crippen LogP contribution < -0.4 is 56.8 Å². The lowest BCUT2D eigenvalue weighted by Crippen LogP contribution is -2.34. The molecule has 7 rings (SSSR count). The maximum Gasteiger partial charge on any atom is 0.345 e. The van der Waals surface area contributed by atoms with E-state index in [9.17, 15) is 0 Å². The molecule has 0 bridgehead atoms. The highest BCUT2D eigenvalue weighted by Gasteiger charge is 2.44. The minimum absolute atomic E-state index is 0.141. The third-order valence-electron chi connectivity index (χ3n) is 16.5. The molecule has 0 aromatic heterocycles. The van der Waals surface area contributed by atoms with Crippen LogP contribution in [0.25, 0.3) is 0 Å². The second kappa shape index (κ2) is 45.1. The Kier molecular flexibility index (Phi) is 35.2. The van der Waals surface area contributed by atoms with Crippen molar-refractivity contribution in [1.82, 2.24) is 0 Å². The first kappa shape index (κ1) is 79.5. The van der Waals surface area contributed by atoms with Crippen molar-refractivity contribution in [2.75, 3.05) is 39.6 Å². The largest absolute Gasteiger partial charge is 0.494 e. The summed E-state index contributed by atoms with van der Waals surface area (Å²) >= 11 is 0. The lowest BCUT2D eigenvalue weighted by molar-refractivity contribution is 0.0635. The molecule has 0 spiro atoms. The number of unbranched alkanes of at least 4 members (excludes halogenated alkanes) is 18. The van der Waals surface area contributed by atoms with E-state index in [1.807, 2.05) is 0 Å². The van der Waals surface area contributed by atoms with E-state index < -0.39 is 69.2 Å². The lowest BCUT2D eigenvalue weighted by atomic mass is 9.85. The van der Waals surface area contributed by atoms with Gasteiger partial charge in [0.2, 0.25) is 0 Å². The van der Waals surface area contributed by atoms with Gasteiger partial charge in [0.15, 0.2) is 0 Å². The second-order valence-electron chi connectivity index (χ2n) is 24.9. The summed E-state index contributed by atoms with van der Waals surface area (Å²) in [4.78, 5) is 95.7. The van der Waals surface area contributed by atoms with Crippen LogP contribution in [-0.2, 0) is 0 Å². The van der Waals surface area contributed by atoms with E-state index in [0.29, 0.717) is 74.1 Å². The van der Waals surface area contributed by atoms with Crippen LogP contribution in [0.3, 0.4) is 0 Å². The van der Waals surface area contributed by atoms with Gasteiger partial charge >= 0.3 is 35.8 Å². The molecule has 546 valence electrons. The molecule has 0 saturated carbocycles. The van der Waals surface area contributed by atoms with Crippen LogP contribution in [0.1, 0.15) is 258 Å². The normalized spacial score (nSPS) is 10.9. The minimum Gasteiger partial charge on any atom is -0.494 e. The molecular formula is C84H102O18. The van der Waals surface area contributed by atoms with Gasteiger partial charge in [-0.15, -0.1) is 0 Å². The number of esters is 6. The molecule has 7 aromatic carbocycles. The summed E-state index contributed by atoms with van der Waals surface area (Å²) in [5.41, 5.74) is -6.45. The molecule has 0 atom stereocenters. The molecule has 0 aliphatic rings. The SMILES string of the molecule is CCCCCCOc1ccc(OC(=O)c2c(C(=O)Oc3ccc(OCCCCCC)cc3)c(C(=O)Oc3ccc(OCCCCCC)cc3)c(C(=O)Oc3ccc(OCCCCCC)cc3)c(C(=O)Oc3ccc(OCCCCCC)cc3)c2C(=O)Oc2ccc(OCCCCCC)cc2)cc1. The Bertz CT molecular complexity index is 3010. The summed E-state index contributed by atoms with van der Waals surface area (Å²) in [7, 11) is 0. The Labute approximate surface area is 601 Å². The Morgan fingerprint density at radius 2 is 0.294 bits per heavy atom. The number of carbonyl (C=O) groups is 6.